The number of hydrogen-bond donors (Lipinski definition) is 2. The predicted octanol–water partition coefficient (Wildman–Crippen LogP) is 1.95. The summed E-state index contributed by atoms with van der Waals surface area (Å²) in [5.74, 6) is 2.29. The number of thioether (sulfide) groups is 1. The zero-order chi connectivity index (χ0) is 13.2. The highest BCUT2D eigenvalue weighted by Crippen LogP contribution is 2.24. The fraction of sp³-hybridized carbons (Fsp3) is 0.500. The topological polar surface area (TPSA) is 72.2 Å². The SMILES string of the molecule is Cc1ccc(S(N)(=O)=O)cc1NC1CCCSC1. The van der Waals surface area contributed by atoms with Crippen LogP contribution in [0.15, 0.2) is 23.1 Å². The standard InChI is InChI=1S/C12H18N2O2S2/c1-9-4-5-11(18(13,15)16)7-12(9)14-10-3-2-6-17-8-10/h4-5,7,10,14H,2-3,6,8H2,1H3,(H2,13,15,16). The van der Waals surface area contributed by atoms with Crippen molar-refractivity contribution in [2.24, 2.45) is 5.14 Å². The molecule has 1 saturated heterocycles. The van der Waals surface area contributed by atoms with Crippen LogP contribution >= 0.6 is 11.8 Å². The highest BCUT2D eigenvalue weighted by molar-refractivity contribution is 7.99. The van der Waals surface area contributed by atoms with Crippen LogP contribution < -0.4 is 10.5 Å². The van der Waals surface area contributed by atoms with E-state index >= 15 is 0 Å². The molecule has 0 amide bonds. The fourth-order valence-electron chi connectivity index (χ4n) is 2.01. The third-order valence-corrected chi connectivity index (χ3v) is 5.18. The van der Waals surface area contributed by atoms with Crippen LogP contribution in [0.2, 0.25) is 0 Å². The van der Waals surface area contributed by atoms with Crippen molar-refractivity contribution in [3.63, 3.8) is 0 Å². The van der Waals surface area contributed by atoms with E-state index in [0.717, 1.165) is 23.4 Å². The van der Waals surface area contributed by atoms with Gasteiger partial charge in [0.2, 0.25) is 10.0 Å². The summed E-state index contributed by atoms with van der Waals surface area (Å²) in [6, 6.07) is 5.38. The summed E-state index contributed by atoms with van der Waals surface area (Å²) in [4.78, 5) is 0.166. The first-order valence-electron chi connectivity index (χ1n) is 5.94. The summed E-state index contributed by atoms with van der Waals surface area (Å²) in [7, 11) is -3.63. The number of aryl methyl sites for hydroxylation is 1. The Morgan fingerprint density at radius 3 is 2.83 bits per heavy atom. The van der Waals surface area contributed by atoms with Gasteiger partial charge >= 0.3 is 0 Å². The van der Waals surface area contributed by atoms with Crippen molar-refractivity contribution in [1.82, 2.24) is 0 Å². The molecule has 1 aromatic carbocycles. The predicted molar refractivity (Wildman–Crippen MR) is 76.5 cm³/mol. The minimum absolute atomic E-state index is 0.166. The Morgan fingerprint density at radius 2 is 2.22 bits per heavy atom. The van der Waals surface area contributed by atoms with Crippen molar-refractivity contribution in [3.8, 4) is 0 Å². The lowest BCUT2D eigenvalue weighted by atomic mass is 10.1. The third kappa shape index (κ3) is 3.40. The van der Waals surface area contributed by atoms with Crippen molar-refractivity contribution in [2.45, 2.75) is 30.7 Å². The van der Waals surface area contributed by atoms with Crippen molar-refractivity contribution in [2.75, 3.05) is 16.8 Å². The van der Waals surface area contributed by atoms with E-state index < -0.39 is 10.0 Å². The van der Waals surface area contributed by atoms with Gasteiger partial charge < -0.3 is 5.32 Å². The highest BCUT2D eigenvalue weighted by Gasteiger charge is 2.16. The lowest BCUT2D eigenvalue weighted by Crippen LogP contribution is -2.26. The van der Waals surface area contributed by atoms with Crippen LogP contribution in [0.5, 0.6) is 0 Å². The largest absolute Gasteiger partial charge is 0.381 e. The first-order valence-corrected chi connectivity index (χ1v) is 8.64. The summed E-state index contributed by atoms with van der Waals surface area (Å²) in [5.41, 5.74) is 1.91. The molecule has 0 radical (unpaired) electrons. The summed E-state index contributed by atoms with van der Waals surface area (Å²) >= 11 is 1.93. The molecule has 18 heavy (non-hydrogen) atoms. The number of nitrogens with one attached hydrogen (secondary N) is 1. The molecular formula is C12H18N2O2S2. The first-order chi connectivity index (χ1) is 8.47. The minimum Gasteiger partial charge on any atom is -0.381 e. The molecule has 4 nitrogen and oxygen atoms in total. The molecule has 100 valence electrons. The molecule has 1 aliphatic rings. The summed E-state index contributed by atoms with van der Waals surface area (Å²) < 4.78 is 22.7. The molecule has 1 fully saturated rings. The highest BCUT2D eigenvalue weighted by atomic mass is 32.2. The Kier molecular flexibility index (Phi) is 4.19. The van der Waals surface area contributed by atoms with Crippen molar-refractivity contribution in [3.05, 3.63) is 23.8 Å². The molecule has 1 atom stereocenters. The quantitative estimate of drug-likeness (QED) is 0.891. The smallest absolute Gasteiger partial charge is 0.238 e. The van der Waals surface area contributed by atoms with Gasteiger partial charge in [-0.2, -0.15) is 11.8 Å². The maximum atomic E-state index is 11.3. The normalized spacial score (nSPS) is 20.7. The molecule has 6 heteroatoms. The van der Waals surface area contributed by atoms with Crippen molar-refractivity contribution >= 4 is 27.5 Å². The van der Waals surface area contributed by atoms with Crippen LogP contribution in [0.4, 0.5) is 5.69 Å². The zero-order valence-corrected chi connectivity index (χ0v) is 12.0. The fourth-order valence-corrected chi connectivity index (χ4v) is 3.62. The molecular weight excluding hydrogens is 268 g/mol. The van der Waals surface area contributed by atoms with Gasteiger partial charge in [-0.1, -0.05) is 6.07 Å². The van der Waals surface area contributed by atoms with Gasteiger partial charge in [0.1, 0.15) is 0 Å². The lowest BCUT2D eigenvalue weighted by Gasteiger charge is -2.24. The van der Waals surface area contributed by atoms with Crippen molar-refractivity contribution in [1.29, 1.82) is 0 Å². The van der Waals surface area contributed by atoms with Gasteiger partial charge in [0.25, 0.3) is 0 Å². The Morgan fingerprint density at radius 1 is 1.44 bits per heavy atom. The van der Waals surface area contributed by atoms with Crippen LogP contribution in [0.3, 0.4) is 0 Å². The van der Waals surface area contributed by atoms with Gasteiger partial charge in [-0.15, -0.1) is 0 Å². The molecule has 1 heterocycles. The second-order valence-corrected chi connectivity index (χ2v) is 7.29. The third-order valence-electron chi connectivity index (χ3n) is 3.06. The van der Waals surface area contributed by atoms with Crippen LogP contribution in [-0.4, -0.2) is 26.0 Å². The van der Waals surface area contributed by atoms with Gasteiger partial charge in [0, 0.05) is 17.5 Å². The van der Waals surface area contributed by atoms with Crippen LogP contribution in [0.25, 0.3) is 0 Å². The molecule has 1 aliphatic heterocycles. The van der Waals surface area contributed by atoms with E-state index in [2.05, 4.69) is 5.32 Å². The van der Waals surface area contributed by atoms with Crippen LogP contribution in [0, 0.1) is 6.92 Å². The Balaban J connectivity index is 2.21. The number of hydrogen-bond acceptors (Lipinski definition) is 4. The van der Waals surface area contributed by atoms with Gasteiger partial charge in [0.15, 0.2) is 0 Å². The number of primary sulfonamides is 1. The lowest BCUT2D eigenvalue weighted by molar-refractivity contribution is 0.597. The molecule has 1 aromatic rings. The van der Waals surface area contributed by atoms with E-state index in [1.165, 1.54) is 12.2 Å². The summed E-state index contributed by atoms with van der Waals surface area (Å²) in [5, 5.41) is 8.57. The van der Waals surface area contributed by atoms with Gasteiger partial charge in [-0.25, -0.2) is 13.6 Å². The molecule has 0 aromatic heterocycles. The van der Waals surface area contributed by atoms with E-state index in [-0.39, 0.29) is 4.90 Å². The molecule has 2 rings (SSSR count). The average Bonchev–Trinajstić information content (AvgIpc) is 2.32. The summed E-state index contributed by atoms with van der Waals surface area (Å²) in [6.45, 7) is 1.96. The zero-order valence-electron chi connectivity index (χ0n) is 10.3. The Hall–Kier alpha value is -0.720. The van der Waals surface area contributed by atoms with E-state index in [1.54, 1.807) is 18.2 Å². The number of sulfonamides is 1. The number of rotatable bonds is 3. The monoisotopic (exact) mass is 286 g/mol. The van der Waals surface area contributed by atoms with Crippen molar-refractivity contribution < 1.29 is 8.42 Å². The molecule has 1 unspecified atom stereocenters. The van der Waals surface area contributed by atoms with Crippen LogP contribution in [-0.2, 0) is 10.0 Å². The molecule has 0 spiro atoms. The minimum atomic E-state index is -3.63. The second-order valence-electron chi connectivity index (χ2n) is 4.58. The summed E-state index contributed by atoms with van der Waals surface area (Å²) in [6.07, 6.45) is 2.34. The molecule has 0 bridgehead atoms. The Bertz CT molecular complexity index is 523. The first kappa shape index (κ1) is 13.7. The molecule has 3 N–H and O–H groups in total. The molecule has 0 saturated carbocycles. The average molecular weight is 286 g/mol. The van der Waals surface area contributed by atoms with Gasteiger partial charge in [0.05, 0.1) is 4.90 Å². The number of nitrogens with two attached hydrogens (primary N) is 1. The maximum Gasteiger partial charge on any atom is 0.238 e. The van der Waals surface area contributed by atoms with Gasteiger partial charge in [-0.3, -0.25) is 0 Å². The van der Waals surface area contributed by atoms with Crippen LogP contribution in [0.1, 0.15) is 18.4 Å². The second kappa shape index (κ2) is 5.50. The van der Waals surface area contributed by atoms with E-state index in [4.69, 9.17) is 5.14 Å². The number of benzene rings is 1. The van der Waals surface area contributed by atoms with E-state index in [9.17, 15) is 8.42 Å². The number of anilines is 1. The van der Waals surface area contributed by atoms with E-state index in [1.807, 2.05) is 18.7 Å². The maximum absolute atomic E-state index is 11.3. The van der Waals surface area contributed by atoms with E-state index in [0.29, 0.717) is 6.04 Å². The van der Waals surface area contributed by atoms with Gasteiger partial charge in [-0.05, 0) is 43.2 Å². The molecule has 0 aliphatic carbocycles. The Labute approximate surface area is 112 Å².